The van der Waals surface area contributed by atoms with E-state index in [1.807, 2.05) is 6.92 Å². The van der Waals surface area contributed by atoms with E-state index in [0.29, 0.717) is 6.42 Å². The molecule has 0 radical (unpaired) electrons. The molecule has 1 amide bonds. The second kappa shape index (κ2) is 5.59. The number of amides is 1. The van der Waals surface area contributed by atoms with Crippen LogP contribution in [0.1, 0.15) is 37.8 Å². The summed E-state index contributed by atoms with van der Waals surface area (Å²) in [6.45, 7) is 4.06. The summed E-state index contributed by atoms with van der Waals surface area (Å²) >= 11 is 0. The van der Waals surface area contributed by atoms with Crippen molar-refractivity contribution < 1.29 is 14.6 Å². The maximum Gasteiger partial charge on any atom is 0.269 e. The number of benzene rings is 1. The van der Waals surface area contributed by atoms with Crippen molar-refractivity contribution >= 4 is 11.6 Å². The van der Waals surface area contributed by atoms with Crippen molar-refractivity contribution in [2.24, 2.45) is 0 Å². The molecule has 2 N–H and O–H groups in total. The van der Waals surface area contributed by atoms with Crippen molar-refractivity contribution in [2.75, 3.05) is 13.1 Å². The molecular formula is C17H21N4O3+. The molecule has 4 aliphatic heterocycles. The first kappa shape index (κ1) is 15.1. The molecule has 2 saturated heterocycles. The number of nitrogens with zero attached hydrogens (tertiary/aromatic N) is 2. The lowest BCUT2D eigenvalue weighted by molar-refractivity contribution is -0.927. The topological polar surface area (TPSA) is 79.9 Å². The van der Waals surface area contributed by atoms with Gasteiger partial charge < -0.3 is 4.90 Å². The zero-order chi connectivity index (χ0) is 16.8. The largest absolute Gasteiger partial charge is 0.325 e. The maximum atomic E-state index is 12.5. The Balaban J connectivity index is 1.76. The van der Waals surface area contributed by atoms with Crippen LogP contribution in [0, 0.1) is 10.1 Å². The van der Waals surface area contributed by atoms with Crippen molar-refractivity contribution in [3.8, 4) is 0 Å². The van der Waals surface area contributed by atoms with Gasteiger partial charge in [-0.05, 0) is 23.3 Å². The van der Waals surface area contributed by atoms with Crippen LogP contribution < -0.4 is 10.3 Å². The van der Waals surface area contributed by atoms with Gasteiger partial charge in [0.2, 0.25) is 5.91 Å². The fraction of sp³-hybridized carbons (Fsp3) is 0.471. The van der Waals surface area contributed by atoms with Crippen molar-refractivity contribution in [1.29, 1.82) is 0 Å². The molecule has 2 atom stereocenters. The van der Waals surface area contributed by atoms with Crippen LogP contribution in [-0.4, -0.2) is 35.0 Å². The van der Waals surface area contributed by atoms with Gasteiger partial charge in [0, 0.05) is 31.4 Å². The predicted octanol–water partition coefficient (Wildman–Crippen LogP) is 0.708. The lowest BCUT2D eigenvalue weighted by Gasteiger charge is -2.38. The Morgan fingerprint density at radius 1 is 1.33 bits per heavy atom. The van der Waals surface area contributed by atoms with Gasteiger partial charge >= 0.3 is 0 Å². The number of nitro groups is 1. The third kappa shape index (κ3) is 2.19. The van der Waals surface area contributed by atoms with Crippen LogP contribution in [-0.2, 0) is 4.79 Å². The molecule has 2 unspecified atom stereocenters. The number of nitrogens with one attached hydrogen (secondary N) is 2. The lowest BCUT2D eigenvalue weighted by atomic mass is 9.86. The molecular weight excluding hydrogens is 308 g/mol. The van der Waals surface area contributed by atoms with Crippen LogP contribution >= 0.6 is 0 Å². The van der Waals surface area contributed by atoms with Crippen LogP contribution in [0.25, 0.3) is 0 Å². The first-order chi connectivity index (χ1) is 11.6. The first-order valence-corrected chi connectivity index (χ1v) is 8.49. The van der Waals surface area contributed by atoms with Crippen LogP contribution in [0.2, 0.25) is 0 Å². The number of fused-ring (bicyclic) bond motifs is 2. The molecule has 7 nitrogen and oxygen atoms in total. The summed E-state index contributed by atoms with van der Waals surface area (Å²) in [5.74, 6) is 0.0563. The predicted molar refractivity (Wildman–Crippen MR) is 86.9 cm³/mol. The molecule has 126 valence electrons. The molecule has 4 aliphatic rings. The van der Waals surface area contributed by atoms with E-state index in [1.165, 1.54) is 28.3 Å². The Kier molecular flexibility index (Phi) is 3.53. The summed E-state index contributed by atoms with van der Waals surface area (Å²) in [6.07, 6.45) is 2.62. The number of hydrogen-bond donors (Lipinski definition) is 2. The van der Waals surface area contributed by atoms with Crippen LogP contribution in [0.3, 0.4) is 0 Å². The zero-order valence-electron chi connectivity index (χ0n) is 13.6. The number of quaternary nitrogens is 1. The molecule has 4 heterocycles. The molecule has 5 rings (SSSR count). The van der Waals surface area contributed by atoms with Crippen molar-refractivity contribution in [2.45, 2.75) is 38.3 Å². The Morgan fingerprint density at radius 2 is 2.00 bits per heavy atom. The van der Waals surface area contributed by atoms with Crippen molar-refractivity contribution in [1.82, 2.24) is 10.4 Å². The fourth-order valence-corrected chi connectivity index (χ4v) is 4.28. The highest BCUT2D eigenvalue weighted by Gasteiger charge is 2.52. The van der Waals surface area contributed by atoms with Gasteiger partial charge in [0.05, 0.1) is 23.7 Å². The Bertz CT molecular complexity index is 718. The number of rotatable bonds is 3. The number of hydrazine groups is 1. The van der Waals surface area contributed by atoms with Crippen molar-refractivity contribution in [3.05, 3.63) is 51.2 Å². The third-order valence-electron chi connectivity index (χ3n) is 5.48. The average Bonchev–Trinajstić information content (AvgIpc) is 3.04. The fourth-order valence-electron chi connectivity index (χ4n) is 4.28. The van der Waals surface area contributed by atoms with Gasteiger partial charge in [-0.25, -0.2) is 5.01 Å². The van der Waals surface area contributed by atoms with Crippen LogP contribution in [0.4, 0.5) is 5.69 Å². The highest BCUT2D eigenvalue weighted by Crippen LogP contribution is 2.37. The van der Waals surface area contributed by atoms with Gasteiger partial charge in [0.15, 0.2) is 6.04 Å². The summed E-state index contributed by atoms with van der Waals surface area (Å²) in [7, 11) is 0. The quantitative estimate of drug-likeness (QED) is 0.632. The van der Waals surface area contributed by atoms with Gasteiger partial charge in [-0.2, -0.15) is 0 Å². The molecule has 1 aromatic rings. The third-order valence-corrected chi connectivity index (χ3v) is 5.48. The Hall–Kier alpha value is -2.41. The highest BCUT2D eigenvalue weighted by molar-refractivity contribution is 5.77. The van der Waals surface area contributed by atoms with E-state index in [-0.39, 0.29) is 23.7 Å². The minimum absolute atomic E-state index is 0.0563. The summed E-state index contributed by atoms with van der Waals surface area (Å²) < 4.78 is 0. The van der Waals surface area contributed by atoms with Crippen LogP contribution in [0.5, 0.6) is 0 Å². The minimum Gasteiger partial charge on any atom is -0.325 e. The number of non-ortho nitro benzene ring substituents is 1. The smallest absolute Gasteiger partial charge is 0.269 e. The molecule has 0 saturated carbocycles. The molecule has 2 bridgehead atoms. The average molecular weight is 329 g/mol. The van der Waals surface area contributed by atoms with Crippen LogP contribution in [0.15, 0.2) is 35.5 Å². The number of hydrogen-bond acceptors (Lipinski definition) is 4. The normalized spacial score (nSPS) is 27.9. The van der Waals surface area contributed by atoms with E-state index >= 15 is 0 Å². The molecule has 7 heteroatoms. The van der Waals surface area contributed by atoms with Gasteiger partial charge in [0.1, 0.15) is 6.04 Å². The Labute approximate surface area is 140 Å². The molecule has 1 aromatic carbocycles. The molecule has 0 aliphatic carbocycles. The molecule has 0 aromatic heterocycles. The monoisotopic (exact) mass is 329 g/mol. The second-order valence-electron chi connectivity index (χ2n) is 6.68. The highest BCUT2D eigenvalue weighted by atomic mass is 16.6. The number of nitro benzene ring substituents is 1. The second-order valence-corrected chi connectivity index (χ2v) is 6.68. The minimum atomic E-state index is -0.392. The summed E-state index contributed by atoms with van der Waals surface area (Å²) in [4.78, 5) is 24.5. The van der Waals surface area contributed by atoms with E-state index in [0.717, 1.165) is 31.5 Å². The van der Waals surface area contributed by atoms with E-state index in [2.05, 4.69) is 5.43 Å². The molecule has 24 heavy (non-hydrogen) atoms. The van der Waals surface area contributed by atoms with Crippen molar-refractivity contribution in [3.63, 3.8) is 0 Å². The first-order valence-electron chi connectivity index (χ1n) is 8.49. The SMILES string of the molecule is CCC(=O)N1NC2=C3CC[NH+](CC3)C2C1c1ccc([N+](=O)[O-])cc1. The van der Waals surface area contributed by atoms with E-state index in [1.54, 1.807) is 17.1 Å². The van der Waals surface area contributed by atoms with Gasteiger partial charge in [-0.3, -0.25) is 20.3 Å². The molecule has 2 fully saturated rings. The lowest BCUT2D eigenvalue weighted by Crippen LogP contribution is -3.18. The number of carbonyl (C=O) groups excluding carboxylic acids is 1. The van der Waals surface area contributed by atoms with E-state index < -0.39 is 4.92 Å². The Morgan fingerprint density at radius 3 is 2.58 bits per heavy atom. The summed E-state index contributed by atoms with van der Waals surface area (Å²) in [5.41, 5.74) is 7.04. The molecule has 0 spiro atoms. The maximum absolute atomic E-state index is 12.5. The summed E-state index contributed by atoms with van der Waals surface area (Å²) in [5, 5.41) is 12.6. The standard InChI is InChI=1S/C17H20N4O3/c1-2-14(22)20-16(12-3-5-13(6-4-12)21(23)24)17-15(18-20)11-7-9-19(17)10-8-11/h3-6,16-18H,2,7-10H2,1H3/p+1. The van der Waals surface area contributed by atoms with Gasteiger partial charge in [0.25, 0.3) is 5.69 Å². The van der Waals surface area contributed by atoms with E-state index in [9.17, 15) is 14.9 Å². The number of carbonyl (C=O) groups is 1. The number of piperidine rings is 1. The summed E-state index contributed by atoms with van der Waals surface area (Å²) in [6, 6.07) is 6.76. The van der Waals surface area contributed by atoms with Gasteiger partial charge in [-0.15, -0.1) is 0 Å². The van der Waals surface area contributed by atoms with Gasteiger partial charge in [-0.1, -0.05) is 6.92 Å². The van der Waals surface area contributed by atoms with E-state index in [4.69, 9.17) is 0 Å². The zero-order valence-corrected chi connectivity index (χ0v) is 13.6.